The molecule has 1 N–H and O–H groups in total. The number of halogens is 6. The van der Waals surface area contributed by atoms with E-state index in [4.69, 9.17) is 19.2 Å². The Balaban J connectivity index is 0.00000300. The molecule has 4 aromatic rings. The van der Waals surface area contributed by atoms with Crippen molar-refractivity contribution in [2.24, 2.45) is 0 Å². The lowest BCUT2D eigenvalue weighted by molar-refractivity contribution is 0.00164. The Hall–Kier alpha value is -5.54. The summed E-state index contributed by atoms with van der Waals surface area (Å²) in [6, 6.07) is 3.56. The molecule has 2 bridgehead atoms. The largest absolute Gasteiger partial charge is 0.461 e. The standard InChI is InChI=1S/C47H48F6N6O5S.C2H6/c1-44(2,3)63-42(60)56-40-29-11-8-7-10-25-18-30-36(35(51)33(25)28-12-13-31(48)37(65-40)34(28)29)54-41(62-24-47-15-9-17-58(47)21-26(19-47)38(52)53)55-39(30)57-22-27-14-16-46(23-57,20-32(49)50)59(27)43(61)64-45(4,5)6;1-2/h12-13,18,20,27H,7,9-10,14-17,19,21-24H2,1-6H3,(H,56,60);1-2H3/t27?,46?,47-;/m1./s1. The van der Waals surface area contributed by atoms with Crippen LogP contribution in [0.1, 0.15) is 105 Å². The Morgan fingerprint density at radius 2 is 1.78 bits per heavy atom. The summed E-state index contributed by atoms with van der Waals surface area (Å²) in [6.07, 6.45) is -2.05. The van der Waals surface area contributed by atoms with Gasteiger partial charge >= 0.3 is 18.2 Å². The van der Waals surface area contributed by atoms with Crippen LogP contribution in [0, 0.1) is 23.5 Å². The number of aryl methyl sites for hydroxylation is 1. The number of hydrogen-bond donors (Lipinski definition) is 1. The predicted octanol–water partition coefficient (Wildman–Crippen LogP) is 12.0. The minimum Gasteiger partial charge on any atom is -0.461 e. The van der Waals surface area contributed by atoms with Crippen LogP contribution in [0.4, 0.5) is 46.8 Å². The zero-order chi connectivity index (χ0) is 48.4. The van der Waals surface area contributed by atoms with Gasteiger partial charge in [-0.1, -0.05) is 31.8 Å². The maximum absolute atomic E-state index is 18.0. The topological polar surface area (TPSA) is 109 Å². The summed E-state index contributed by atoms with van der Waals surface area (Å²) in [5, 5.41) is 3.45. The van der Waals surface area contributed by atoms with Gasteiger partial charge in [0.1, 0.15) is 40.0 Å². The van der Waals surface area contributed by atoms with Crippen LogP contribution in [-0.4, -0.2) is 93.1 Å². The molecule has 9 rings (SSSR count). The van der Waals surface area contributed by atoms with Gasteiger partial charge in [0.15, 0.2) is 5.82 Å². The minimum absolute atomic E-state index is 0.0256. The van der Waals surface area contributed by atoms with Crippen LogP contribution >= 0.6 is 11.3 Å². The average molecular weight is 953 g/mol. The van der Waals surface area contributed by atoms with Crippen molar-refractivity contribution in [2.75, 3.05) is 43.0 Å². The normalized spacial score (nSPS) is 22.1. The summed E-state index contributed by atoms with van der Waals surface area (Å²) in [5.41, 5.74) is -3.02. The third-order valence-electron chi connectivity index (χ3n) is 12.7. The monoisotopic (exact) mass is 952 g/mol. The van der Waals surface area contributed by atoms with Crippen molar-refractivity contribution in [3.63, 3.8) is 0 Å². The van der Waals surface area contributed by atoms with E-state index in [0.717, 1.165) is 23.8 Å². The van der Waals surface area contributed by atoms with Gasteiger partial charge in [0, 0.05) is 54.0 Å². The molecule has 4 fully saturated rings. The van der Waals surface area contributed by atoms with Crippen molar-refractivity contribution >= 4 is 55.3 Å². The first-order chi connectivity index (χ1) is 31.6. The first kappa shape index (κ1) is 47.9. The van der Waals surface area contributed by atoms with E-state index in [1.54, 1.807) is 52.5 Å². The second kappa shape index (κ2) is 17.8. The van der Waals surface area contributed by atoms with Crippen molar-refractivity contribution in [3.8, 4) is 29.0 Å². The molecule has 0 spiro atoms. The lowest BCUT2D eigenvalue weighted by Gasteiger charge is -2.48. The van der Waals surface area contributed by atoms with Gasteiger partial charge in [-0.2, -0.15) is 27.5 Å². The van der Waals surface area contributed by atoms with Crippen molar-refractivity contribution in [1.82, 2.24) is 19.8 Å². The molecule has 0 saturated carbocycles. The maximum Gasteiger partial charge on any atom is 0.412 e. The first-order valence-electron chi connectivity index (χ1n) is 22.6. The Morgan fingerprint density at radius 1 is 1.03 bits per heavy atom. The van der Waals surface area contributed by atoms with Gasteiger partial charge in [0.2, 0.25) is 0 Å². The van der Waals surface area contributed by atoms with Crippen LogP contribution in [0.5, 0.6) is 6.01 Å². The van der Waals surface area contributed by atoms with E-state index < -0.39 is 64.3 Å². The molecule has 4 aliphatic heterocycles. The molecule has 4 saturated heterocycles. The summed E-state index contributed by atoms with van der Waals surface area (Å²) >= 11 is 0.946. The van der Waals surface area contributed by atoms with E-state index in [-0.39, 0.29) is 106 Å². The summed E-state index contributed by atoms with van der Waals surface area (Å²) in [7, 11) is 0. The SMILES string of the molecule is CC.CC(C)(C)OC(=O)Nc1sc2c(F)ccc3c2c1C#CCCc1cc2c(N4CC5CCC(C=C(F)F)(C4)N5C(=O)OC(C)(C)C)nc(OC[C@]45CCCN4CC(=C(F)F)C5)nc2c(F)c1-3. The Kier molecular flexibility index (Phi) is 12.8. The summed E-state index contributed by atoms with van der Waals surface area (Å²) in [6.45, 7) is 14.8. The predicted molar refractivity (Wildman–Crippen MR) is 246 cm³/mol. The van der Waals surface area contributed by atoms with E-state index in [0.29, 0.717) is 30.5 Å². The van der Waals surface area contributed by atoms with Gasteiger partial charge in [0.05, 0.1) is 27.4 Å². The number of benzene rings is 2. The maximum atomic E-state index is 18.0. The highest BCUT2D eigenvalue weighted by Gasteiger charge is 2.55. The van der Waals surface area contributed by atoms with Crippen LogP contribution in [0.15, 0.2) is 42.0 Å². The first-order valence-corrected chi connectivity index (χ1v) is 23.5. The number of fused-ring (bicyclic) bond motifs is 6. The van der Waals surface area contributed by atoms with Crippen LogP contribution in [0.2, 0.25) is 0 Å². The molecule has 67 heavy (non-hydrogen) atoms. The number of carbonyl (C=O) groups excluding carboxylic acids is 2. The number of aromatic nitrogens is 2. The number of thiophene rings is 1. The van der Waals surface area contributed by atoms with Gasteiger partial charge in [-0.3, -0.25) is 15.1 Å². The highest BCUT2D eigenvalue weighted by atomic mass is 32.1. The van der Waals surface area contributed by atoms with Crippen LogP contribution < -0.4 is 15.0 Å². The number of carbonyl (C=O) groups is 2. The molecule has 358 valence electrons. The molecule has 18 heteroatoms. The van der Waals surface area contributed by atoms with Gasteiger partial charge in [0.25, 0.3) is 12.2 Å². The van der Waals surface area contributed by atoms with Crippen molar-refractivity contribution in [1.29, 1.82) is 0 Å². The van der Waals surface area contributed by atoms with Crippen LogP contribution in [-0.2, 0) is 15.9 Å². The molecule has 6 heterocycles. The van der Waals surface area contributed by atoms with E-state index in [9.17, 15) is 27.2 Å². The second-order valence-electron chi connectivity index (χ2n) is 19.5. The molecule has 2 unspecified atom stereocenters. The zero-order valence-corrected chi connectivity index (χ0v) is 39.6. The molecule has 2 aromatic heterocycles. The number of amides is 2. The van der Waals surface area contributed by atoms with Crippen molar-refractivity contribution in [2.45, 2.75) is 129 Å². The average Bonchev–Trinajstić information content (AvgIpc) is 3.97. The lowest BCUT2D eigenvalue weighted by Crippen LogP contribution is -2.63. The van der Waals surface area contributed by atoms with Gasteiger partial charge in [-0.15, -0.1) is 11.3 Å². The second-order valence-corrected chi connectivity index (χ2v) is 20.5. The Labute approximate surface area is 389 Å². The molecule has 3 atom stereocenters. The van der Waals surface area contributed by atoms with Gasteiger partial charge < -0.3 is 19.1 Å². The van der Waals surface area contributed by atoms with Crippen molar-refractivity contribution in [3.05, 3.63) is 64.8 Å². The molecular formula is C49H54F6N6O5S. The number of anilines is 2. The number of hydrogen-bond acceptors (Lipinski definition) is 10. The third-order valence-corrected chi connectivity index (χ3v) is 13.8. The summed E-state index contributed by atoms with van der Waals surface area (Å²) in [5.74, 6) is 4.97. The van der Waals surface area contributed by atoms with Crippen LogP contribution in [0.3, 0.4) is 0 Å². The molecule has 0 radical (unpaired) electrons. The van der Waals surface area contributed by atoms with E-state index >= 15 is 8.78 Å². The quantitative estimate of drug-likeness (QED) is 0.149. The van der Waals surface area contributed by atoms with Crippen LogP contribution in [0.25, 0.3) is 32.1 Å². The Bertz CT molecular complexity index is 2780. The molecule has 5 aliphatic rings. The molecule has 2 amide bonds. The summed E-state index contributed by atoms with van der Waals surface area (Å²) < 4.78 is 108. The number of nitrogens with one attached hydrogen (secondary N) is 1. The minimum atomic E-state index is -1.99. The Morgan fingerprint density at radius 3 is 2.48 bits per heavy atom. The van der Waals surface area contributed by atoms with E-state index in [2.05, 4.69) is 22.1 Å². The van der Waals surface area contributed by atoms with Gasteiger partial charge in [-0.25, -0.2) is 18.4 Å². The number of nitrogens with zero attached hydrogens (tertiary/aromatic N) is 5. The fraction of sp³-hybridized carbons (Fsp3) is 0.510. The molecular weight excluding hydrogens is 899 g/mol. The molecule has 1 aliphatic carbocycles. The summed E-state index contributed by atoms with van der Waals surface area (Å²) in [4.78, 5) is 41.3. The number of rotatable bonds is 6. The van der Waals surface area contributed by atoms with Crippen molar-refractivity contribution < 1.29 is 50.1 Å². The van der Waals surface area contributed by atoms with E-state index in [1.807, 2.05) is 18.7 Å². The number of ether oxygens (including phenoxy) is 3. The molecule has 2 aromatic carbocycles. The third kappa shape index (κ3) is 9.13. The fourth-order valence-electron chi connectivity index (χ4n) is 10.2. The zero-order valence-electron chi connectivity index (χ0n) is 38.8. The van der Waals surface area contributed by atoms with Gasteiger partial charge in [-0.05, 0) is 110 Å². The number of piperazine rings is 1. The fourth-order valence-corrected chi connectivity index (χ4v) is 11.3. The lowest BCUT2D eigenvalue weighted by atomic mass is 9.91. The molecule has 11 nitrogen and oxygen atoms in total. The highest BCUT2D eigenvalue weighted by Crippen LogP contribution is 2.49. The smallest absolute Gasteiger partial charge is 0.412 e. The highest BCUT2D eigenvalue weighted by molar-refractivity contribution is 7.23. The van der Waals surface area contributed by atoms with E-state index in [1.165, 1.54) is 17.0 Å².